The van der Waals surface area contributed by atoms with Crippen molar-refractivity contribution in [2.45, 2.75) is 38.8 Å². The zero-order valence-corrected chi connectivity index (χ0v) is 10.5. The second-order valence-electron chi connectivity index (χ2n) is 4.55. The van der Waals surface area contributed by atoms with Crippen LogP contribution in [0.5, 0.6) is 0 Å². The monoisotopic (exact) mass is 238 g/mol. The fourth-order valence-corrected chi connectivity index (χ4v) is 2.28. The lowest BCUT2D eigenvalue weighted by atomic mass is 10.2. The zero-order valence-electron chi connectivity index (χ0n) is 9.75. The molecule has 0 saturated heterocycles. The molecular weight excluding hydrogens is 220 g/mol. The predicted molar refractivity (Wildman–Crippen MR) is 69.6 cm³/mol. The quantitative estimate of drug-likeness (QED) is 0.798. The fraction of sp³-hybridized carbons (Fsp3) is 0.538. The molecule has 1 fully saturated rings. The molecule has 0 heterocycles. The lowest BCUT2D eigenvalue weighted by Gasteiger charge is -2.21. The Hall–Kier alpha value is -0.730. The molecule has 0 atom stereocenters. The summed E-state index contributed by atoms with van der Waals surface area (Å²) in [5, 5.41) is 0.793. The summed E-state index contributed by atoms with van der Waals surface area (Å²) in [6, 6.07) is 6.60. The van der Waals surface area contributed by atoms with E-state index in [1.165, 1.54) is 24.8 Å². The van der Waals surface area contributed by atoms with E-state index in [2.05, 4.69) is 11.8 Å². The Labute approximate surface area is 102 Å². The van der Waals surface area contributed by atoms with Crippen molar-refractivity contribution >= 4 is 17.3 Å². The van der Waals surface area contributed by atoms with Crippen molar-refractivity contribution in [2.75, 3.05) is 12.3 Å². The molecule has 0 unspecified atom stereocenters. The van der Waals surface area contributed by atoms with Crippen LogP contribution in [0.2, 0.25) is 5.02 Å². The fourth-order valence-electron chi connectivity index (χ4n) is 2.03. The highest BCUT2D eigenvalue weighted by molar-refractivity contribution is 6.31. The molecule has 2 N–H and O–H groups in total. The number of rotatable bonds is 5. The molecule has 0 amide bonds. The number of nitrogens with two attached hydrogens (primary N) is 1. The Kier molecular flexibility index (Phi) is 3.72. The van der Waals surface area contributed by atoms with Crippen LogP contribution in [-0.4, -0.2) is 17.5 Å². The predicted octanol–water partition coefficient (Wildman–Crippen LogP) is 3.30. The second kappa shape index (κ2) is 5.07. The molecular formula is C13H19ClN2. The van der Waals surface area contributed by atoms with Gasteiger partial charge in [0, 0.05) is 23.3 Å². The number of anilines is 1. The van der Waals surface area contributed by atoms with Gasteiger partial charge in [-0.05, 0) is 43.5 Å². The van der Waals surface area contributed by atoms with E-state index < -0.39 is 0 Å². The van der Waals surface area contributed by atoms with Gasteiger partial charge >= 0.3 is 0 Å². The largest absolute Gasteiger partial charge is 0.399 e. The van der Waals surface area contributed by atoms with Gasteiger partial charge < -0.3 is 5.73 Å². The highest BCUT2D eigenvalue weighted by Gasteiger charge is 2.28. The topological polar surface area (TPSA) is 29.3 Å². The van der Waals surface area contributed by atoms with Gasteiger partial charge in [-0.25, -0.2) is 0 Å². The third kappa shape index (κ3) is 2.89. The SMILES string of the molecule is CCCN(Cc1ccc(N)cc1Cl)C1CC1. The molecule has 3 heteroatoms. The highest BCUT2D eigenvalue weighted by Crippen LogP contribution is 2.30. The number of nitrogen functional groups attached to an aromatic ring is 1. The van der Waals surface area contributed by atoms with Gasteiger partial charge in [-0.1, -0.05) is 24.6 Å². The van der Waals surface area contributed by atoms with E-state index >= 15 is 0 Å². The first-order chi connectivity index (χ1) is 7.70. The molecule has 1 aliphatic rings. The summed E-state index contributed by atoms with van der Waals surface area (Å²) in [5.41, 5.74) is 7.62. The Morgan fingerprint density at radius 1 is 1.44 bits per heavy atom. The van der Waals surface area contributed by atoms with E-state index in [1.54, 1.807) is 0 Å². The van der Waals surface area contributed by atoms with Crippen molar-refractivity contribution in [1.29, 1.82) is 0 Å². The summed E-state index contributed by atoms with van der Waals surface area (Å²) in [5.74, 6) is 0. The molecule has 0 radical (unpaired) electrons. The van der Waals surface area contributed by atoms with Crippen molar-refractivity contribution in [1.82, 2.24) is 4.90 Å². The minimum absolute atomic E-state index is 0.738. The van der Waals surface area contributed by atoms with Crippen molar-refractivity contribution in [3.05, 3.63) is 28.8 Å². The van der Waals surface area contributed by atoms with E-state index in [9.17, 15) is 0 Å². The van der Waals surface area contributed by atoms with Gasteiger partial charge in [-0.2, -0.15) is 0 Å². The average Bonchev–Trinajstić information content (AvgIpc) is 3.04. The number of benzene rings is 1. The Morgan fingerprint density at radius 3 is 2.75 bits per heavy atom. The van der Waals surface area contributed by atoms with Crippen molar-refractivity contribution in [2.24, 2.45) is 0 Å². The van der Waals surface area contributed by atoms with Crippen LogP contribution in [0.25, 0.3) is 0 Å². The lowest BCUT2D eigenvalue weighted by Crippen LogP contribution is -2.26. The number of hydrogen-bond acceptors (Lipinski definition) is 2. The van der Waals surface area contributed by atoms with Crippen LogP contribution in [0, 0.1) is 0 Å². The maximum atomic E-state index is 6.19. The van der Waals surface area contributed by atoms with Crippen LogP contribution >= 0.6 is 11.6 Å². The smallest absolute Gasteiger partial charge is 0.0471 e. The maximum absolute atomic E-state index is 6.19. The Bertz CT molecular complexity index is 361. The van der Waals surface area contributed by atoms with Gasteiger partial charge in [0.05, 0.1) is 0 Å². The van der Waals surface area contributed by atoms with Crippen LogP contribution in [0.4, 0.5) is 5.69 Å². The van der Waals surface area contributed by atoms with Crippen LogP contribution in [0.15, 0.2) is 18.2 Å². The van der Waals surface area contributed by atoms with Gasteiger partial charge in [0.1, 0.15) is 0 Å². The first-order valence-corrected chi connectivity index (χ1v) is 6.36. The molecule has 2 nitrogen and oxygen atoms in total. The summed E-state index contributed by atoms with van der Waals surface area (Å²) in [4.78, 5) is 2.53. The van der Waals surface area contributed by atoms with Gasteiger partial charge in [-0.15, -0.1) is 0 Å². The molecule has 1 aliphatic carbocycles. The van der Waals surface area contributed by atoms with Crippen molar-refractivity contribution in [3.63, 3.8) is 0 Å². The summed E-state index contributed by atoms with van der Waals surface area (Å²) in [6.45, 7) is 4.34. The van der Waals surface area contributed by atoms with Crippen LogP contribution in [0.1, 0.15) is 31.7 Å². The zero-order chi connectivity index (χ0) is 11.5. The normalized spacial score (nSPS) is 15.7. The molecule has 0 aromatic heterocycles. The number of halogens is 1. The van der Waals surface area contributed by atoms with E-state index in [4.69, 9.17) is 17.3 Å². The third-order valence-corrected chi connectivity index (χ3v) is 3.38. The average molecular weight is 239 g/mol. The van der Waals surface area contributed by atoms with Gasteiger partial charge in [-0.3, -0.25) is 4.90 Å². The Balaban J connectivity index is 2.05. The molecule has 1 aromatic carbocycles. The van der Waals surface area contributed by atoms with E-state index in [0.717, 1.165) is 29.8 Å². The molecule has 0 bridgehead atoms. The van der Waals surface area contributed by atoms with Crippen molar-refractivity contribution in [3.8, 4) is 0 Å². The maximum Gasteiger partial charge on any atom is 0.0471 e. The second-order valence-corrected chi connectivity index (χ2v) is 4.96. The lowest BCUT2D eigenvalue weighted by molar-refractivity contribution is 0.255. The summed E-state index contributed by atoms with van der Waals surface area (Å²) in [6.07, 6.45) is 3.88. The summed E-state index contributed by atoms with van der Waals surface area (Å²) < 4.78 is 0. The minimum atomic E-state index is 0.738. The first-order valence-electron chi connectivity index (χ1n) is 5.98. The molecule has 0 spiro atoms. The summed E-state index contributed by atoms with van der Waals surface area (Å²) in [7, 11) is 0. The minimum Gasteiger partial charge on any atom is -0.399 e. The number of nitrogens with zero attached hydrogens (tertiary/aromatic N) is 1. The van der Waals surface area contributed by atoms with Crippen LogP contribution in [-0.2, 0) is 6.54 Å². The molecule has 1 aromatic rings. The molecule has 1 saturated carbocycles. The van der Waals surface area contributed by atoms with Crippen LogP contribution < -0.4 is 5.73 Å². The molecule has 88 valence electrons. The summed E-state index contributed by atoms with van der Waals surface area (Å²) >= 11 is 6.19. The first kappa shape index (κ1) is 11.7. The molecule has 0 aliphatic heterocycles. The van der Waals surface area contributed by atoms with Gasteiger partial charge in [0.15, 0.2) is 0 Å². The van der Waals surface area contributed by atoms with Gasteiger partial charge in [0.2, 0.25) is 0 Å². The van der Waals surface area contributed by atoms with Crippen molar-refractivity contribution < 1.29 is 0 Å². The molecule has 2 rings (SSSR count). The number of hydrogen-bond donors (Lipinski definition) is 1. The van der Waals surface area contributed by atoms with E-state index in [1.807, 2.05) is 18.2 Å². The standard InChI is InChI=1S/C13H19ClN2/c1-2-7-16(12-5-6-12)9-10-3-4-11(15)8-13(10)14/h3-4,8,12H,2,5-7,9,15H2,1H3. The third-order valence-electron chi connectivity index (χ3n) is 3.02. The molecule has 16 heavy (non-hydrogen) atoms. The highest BCUT2D eigenvalue weighted by atomic mass is 35.5. The Morgan fingerprint density at radius 2 is 2.19 bits per heavy atom. The van der Waals surface area contributed by atoms with Gasteiger partial charge in [0.25, 0.3) is 0 Å². The van der Waals surface area contributed by atoms with Crippen LogP contribution in [0.3, 0.4) is 0 Å². The van der Waals surface area contributed by atoms with E-state index in [0.29, 0.717) is 0 Å². The van der Waals surface area contributed by atoms with E-state index in [-0.39, 0.29) is 0 Å².